The molecule has 0 bridgehead atoms. The zero-order valence-electron chi connectivity index (χ0n) is 19.4. The molecule has 30 heavy (non-hydrogen) atoms. The van der Waals surface area contributed by atoms with Crippen LogP contribution in [0.15, 0.2) is 4.99 Å². The monoisotopic (exact) mass is 517 g/mol. The van der Waals surface area contributed by atoms with Crippen LogP contribution in [0.4, 0.5) is 0 Å². The summed E-state index contributed by atoms with van der Waals surface area (Å²) in [5.41, 5.74) is -1.11. The van der Waals surface area contributed by atoms with Crippen molar-refractivity contribution in [3.05, 3.63) is 0 Å². The summed E-state index contributed by atoms with van der Waals surface area (Å²) >= 11 is -2.48. The molecule has 0 saturated heterocycles. The van der Waals surface area contributed by atoms with Gasteiger partial charge in [0.1, 0.15) is 5.41 Å². The summed E-state index contributed by atoms with van der Waals surface area (Å²) in [7, 11) is 0. The van der Waals surface area contributed by atoms with Gasteiger partial charge in [-0.25, -0.2) is 0 Å². The first-order valence-electron chi connectivity index (χ1n) is 10.4. The second-order valence-electron chi connectivity index (χ2n) is 7.96. The van der Waals surface area contributed by atoms with Crippen molar-refractivity contribution in [1.82, 2.24) is 5.32 Å². The average molecular weight is 519 g/mol. The van der Waals surface area contributed by atoms with Crippen molar-refractivity contribution >= 4 is 47.4 Å². The summed E-state index contributed by atoms with van der Waals surface area (Å²) in [6.07, 6.45) is 2.68. The Morgan fingerprint density at radius 1 is 0.967 bits per heavy atom. The molecule has 10 heteroatoms. The Hall–Kier alpha value is 0.373. The maximum atomic E-state index is 11.9. The van der Waals surface area contributed by atoms with Crippen LogP contribution in [-0.4, -0.2) is 70.8 Å². The van der Waals surface area contributed by atoms with Crippen LogP contribution in [0.5, 0.6) is 0 Å². The van der Waals surface area contributed by atoms with Gasteiger partial charge in [0.05, 0.1) is 0 Å². The number of amidine groups is 1. The summed E-state index contributed by atoms with van der Waals surface area (Å²) in [4.78, 5) is 27.2. The quantitative estimate of drug-likeness (QED) is 0.339. The van der Waals surface area contributed by atoms with E-state index in [1.807, 2.05) is 55.4 Å². The number of carbonyl (C=O) groups is 2. The van der Waals surface area contributed by atoms with Gasteiger partial charge < -0.3 is 5.11 Å². The number of aliphatic imine (C=N–C) groups is 1. The minimum atomic E-state index is -2.48. The molecule has 0 fully saturated rings. The normalized spacial score (nSPS) is 19.7. The number of aliphatic hydroxyl groups is 1. The van der Waals surface area contributed by atoms with Crippen LogP contribution >= 0.6 is 0 Å². The van der Waals surface area contributed by atoms with Crippen molar-refractivity contribution in [1.29, 1.82) is 0 Å². The molecule has 1 rings (SSSR count). The summed E-state index contributed by atoms with van der Waals surface area (Å²) < 4.78 is 16.9. The minimum absolute atomic E-state index is 0. The Labute approximate surface area is 213 Å². The molecule has 0 aromatic heterocycles. The Balaban J connectivity index is 0. The van der Waals surface area contributed by atoms with E-state index in [4.69, 9.17) is 13.5 Å². The molecule has 8 nitrogen and oxygen atoms in total. The second kappa shape index (κ2) is 16.1. The van der Waals surface area contributed by atoms with Gasteiger partial charge in [0.15, 0.2) is 0 Å². The van der Waals surface area contributed by atoms with E-state index < -0.39 is 46.3 Å². The van der Waals surface area contributed by atoms with E-state index in [0.29, 0.717) is 6.42 Å². The Morgan fingerprint density at radius 3 is 1.70 bits per heavy atom. The number of rotatable bonds is 10. The molecule has 2 atom stereocenters. The van der Waals surface area contributed by atoms with Crippen molar-refractivity contribution in [2.75, 3.05) is 0 Å². The predicted octanol–water partition coefficient (Wildman–Crippen LogP) is 3.37. The van der Waals surface area contributed by atoms with Crippen molar-refractivity contribution in [3.8, 4) is 0 Å². The van der Waals surface area contributed by atoms with Gasteiger partial charge in [-0.1, -0.05) is 27.2 Å². The predicted molar refractivity (Wildman–Crippen MR) is 116 cm³/mol. The van der Waals surface area contributed by atoms with E-state index in [9.17, 15) is 9.59 Å². The molecule has 0 aromatic rings. The van der Waals surface area contributed by atoms with Gasteiger partial charge >= 0.3 is 121 Å². The van der Waals surface area contributed by atoms with E-state index in [1.54, 1.807) is 6.92 Å². The fourth-order valence-corrected chi connectivity index (χ4v) is 6.22. The molecule has 2 unspecified atom stereocenters. The van der Waals surface area contributed by atoms with E-state index in [2.05, 4.69) is 10.3 Å². The van der Waals surface area contributed by atoms with Crippen LogP contribution < -0.4 is 5.32 Å². The third-order valence-corrected chi connectivity index (χ3v) is 9.23. The standard InChI is InChI=1S/C11H18N2O3.3C3H7O.Na.Zr.H/c1-4-6-7(3)11(5-2)8(14)12-10(16)13-9(11)15;3*1-3(2)4;;;/h7H,4-6H2,1-3H3,(H2,12,13,14,15,16);3*3H,1-2H3;;;/q;3*-1;;+3;. The van der Waals surface area contributed by atoms with E-state index in [0.717, 1.165) is 12.8 Å². The average Bonchev–Trinajstić information content (AvgIpc) is 2.53. The van der Waals surface area contributed by atoms with Gasteiger partial charge in [-0.15, -0.1) is 0 Å². The number of amides is 2. The first-order chi connectivity index (χ1) is 13.4. The topological polar surface area (TPSA) is 106 Å². The number of nitrogens with one attached hydrogen (secondary N) is 1. The molecule has 1 heterocycles. The Bertz CT molecular complexity index is 536. The molecule has 0 aliphatic carbocycles. The van der Waals surface area contributed by atoms with Gasteiger partial charge in [-0.3, -0.25) is 14.9 Å². The Kier molecular flexibility index (Phi) is 17.4. The van der Waals surface area contributed by atoms with Crippen molar-refractivity contribution in [2.45, 2.75) is 99.9 Å². The zero-order chi connectivity index (χ0) is 22.8. The molecule has 2 N–H and O–H groups in total. The van der Waals surface area contributed by atoms with Crippen molar-refractivity contribution < 1.29 is 46.2 Å². The second-order valence-corrected chi connectivity index (χ2v) is 10.9. The van der Waals surface area contributed by atoms with Gasteiger partial charge in [-0.05, 0) is 18.8 Å². The molecule has 0 radical (unpaired) electrons. The summed E-state index contributed by atoms with van der Waals surface area (Å²) in [6.45, 7) is 17.7. The molecular weight excluding hydrogens is 478 g/mol. The molecule has 1 aliphatic heterocycles. The van der Waals surface area contributed by atoms with E-state index >= 15 is 0 Å². The summed E-state index contributed by atoms with van der Waals surface area (Å²) in [6, 6.07) is -0.595. The molecule has 2 amide bonds. The first-order valence-corrected chi connectivity index (χ1v) is 13.4. The molecule has 1 aliphatic rings. The number of carbonyl (C=O) groups excluding carboxylic acids is 2. The summed E-state index contributed by atoms with van der Waals surface area (Å²) in [5.74, 6) is -1.04. The fourth-order valence-electron chi connectivity index (χ4n) is 2.97. The van der Waals surface area contributed by atoms with Crippen molar-refractivity contribution in [2.24, 2.45) is 16.3 Å². The zero-order valence-corrected chi connectivity index (χ0v) is 21.8. The van der Waals surface area contributed by atoms with Crippen LogP contribution in [-0.2, 0) is 41.1 Å². The number of hydrogen-bond acceptors (Lipinski definition) is 5. The third kappa shape index (κ3) is 10.8. The molecule has 171 valence electrons. The molecular formula is C20H40N2NaO6Zr. The van der Waals surface area contributed by atoms with Gasteiger partial charge in [0.25, 0.3) is 11.9 Å². The Morgan fingerprint density at radius 2 is 1.40 bits per heavy atom. The van der Waals surface area contributed by atoms with Crippen LogP contribution in [0.1, 0.15) is 81.6 Å². The summed E-state index contributed by atoms with van der Waals surface area (Å²) in [5, 5.41) is 11.3. The van der Waals surface area contributed by atoms with E-state index in [-0.39, 0.29) is 53.8 Å². The van der Waals surface area contributed by atoms with Gasteiger partial charge in [0, 0.05) is 0 Å². The van der Waals surface area contributed by atoms with Gasteiger partial charge in [-0.2, -0.15) is 4.99 Å². The fraction of sp³-hybridized carbons (Fsp3) is 0.850. The number of nitrogens with zero attached hydrogens (tertiary/aromatic N) is 1. The van der Waals surface area contributed by atoms with Crippen molar-refractivity contribution in [3.63, 3.8) is 0 Å². The van der Waals surface area contributed by atoms with Crippen LogP contribution in [0.25, 0.3) is 0 Å². The van der Waals surface area contributed by atoms with Crippen LogP contribution in [0.3, 0.4) is 0 Å². The molecule has 0 spiro atoms. The number of aliphatic hydroxyl groups excluding tert-OH is 1. The van der Waals surface area contributed by atoms with Crippen LogP contribution in [0, 0.1) is 11.3 Å². The SMILES string of the molecule is CC(C)[O][Zr]([O]C(C)C)[O]C(C)C.CCCC(C)C1(CC)C(=O)N=C(O)NC1=O.[NaH]. The maximum absolute atomic E-state index is 11.9. The first kappa shape index (κ1) is 32.6. The number of hydrogen-bond donors (Lipinski definition) is 2. The molecule has 0 saturated carbocycles. The third-order valence-electron chi connectivity index (χ3n) is 4.34. The molecule has 0 aromatic carbocycles. The van der Waals surface area contributed by atoms with E-state index in [1.165, 1.54) is 0 Å². The van der Waals surface area contributed by atoms with Gasteiger partial charge in [0.2, 0.25) is 5.91 Å². The van der Waals surface area contributed by atoms with Crippen LogP contribution in [0.2, 0.25) is 0 Å².